The quantitative estimate of drug-likeness (QED) is 0.674. The van der Waals surface area contributed by atoms with E-state index < -0.39 is 0 Å². The molecular formula is C15H15BrClNS. The number of hydrogen-bond acceptors (Lipinski definition) is 2. The van der Waals surface area contributed by atoms with Gasteiger partial charge < -0.3 is 5.32 Å². The van der Waals surface area contributed by atoms with Crippen LogP contribution in [-0.4, -0.2) is 6.26 Å². The molecule has 0 spiro atoms. The molecule has 0 bridgehead atoms. The van der Waals surface area contributed by atoms with Gasteiger partial charge in [0.15, 0.2) is 0 Å². The summed E-state index contributed by atoms with van der Waals surface area (Å²) in [5.41, 5.74) is 2.20. The van der Waals surface area contributed by atoms with E-state index in [0.29, 0.717) is 0 Å². The van der Waals surface area contributed by atoms with E-state index in [1.165, 1.54) is 10.5 Å². The number of thioether (sulfide) groups is 1. The van der Waals surface area contributed by atoms with Gasteiger partial charge in [-0.2, -0.15) is 0 Å². The summed E-state index contributed by atoms with van der Waals surface area (Å²) in [4.78, 5) is 1.28. The Kier molecular flexibility index (Phi) is 5.20. The third-order valence-corrected chi connectivity index (χ3v) is 4.47. The van der Waals surface area contributed by atoms with E-state index in [1.54, 1.807) is 11.8 Å². The lowest BCUT2D eigenvalue weighted by molar-refractivity contribution is 0.883. The lowest BCUT2D eigenvalue weighted by Crippen LogP contribution is -2.06. The highest BCUT2D eigenvalue weighted by Crippen LogP contribution is 2.29. The summed E-state index contributed by atoms with van der Waals surface area (Å²) in [6.07, 6.45) is 2.08. The van der Waals surface area contributed by atoms with Crippen LogP contribution >= 0.6 is 39.3 Å². The average Bonchev–Trinajstić information content (AvgIpc) is 2.42. The van der Waals surface area contributed by atoms with Crippen molar-refractivity contribution in [1.29, 1.82) is 0 Å². The highest BCUT2D eigenvalue weighted by molar-refractivity contribution is 9.10. The Balaban J connectivity index is 2.13. The van der Waals surface area contributed by atoms with Gasteiger partial charge in [0.25, 0.3) is 0 Å². The topological polar surface area (TPSA) is 12.0 Å². The Morgan fingerprint density at radius 3 is 2.42 bits per heavy atom. The Morgan fingerprint density at radius 2 is 1.84 bits per heavy atom. The molecule has 1 unspecified atom stereocenters. The summed E-state index contributed by atoms with van der Waals surface area (Å²) in [6, 6.07) is 14.7. The van der Waals surface area contributed by atoms with Crippen LogP contribution in [0.5, 0.6) is 0 Å². The van der Waals surface area contributed by atoms with E-state index in [9.17, 15) is 0 Å². The van der Waals surface area contributed by atoms with Crippen LogP contribution in [-0.2, 0) is 0 Å². The molecule has 2 rings (SSSR count). The van der Waals surface area contributed by atoms with Crippen molar-refractivity contribution < 1.29 is 0 Å². The highest BCUT2D eigenvalue weighted by atomic mass is 79.9. The molecule has 19 heavy (non-hydrogen) atoms. The minimum absolute atomic E-state index is 0.217. The smallest absolute Gasteiger partial charge is 0.0648 e. The van der Waals surface area contributed by atoms with E-state index in [2.05, 4.69) is 58.7 Å². The summed E-state index contributed by atoms with van der Waals surface area (Å²) < 4.78 is 0.986. The average molecular weight is 357 g/mol. The molecule has 4 heteroatoms. The third kappa shape index (κ3) is 3.91. The molecule has 2 aromatic rings. The second kappa shape index (κ2) is 6.69. The Hall–Kier alpha value is -0.640. The van der Waals surface area contributed by atoms with Gasteiger partial charge >= 0.3 is 0 Å². The van der Waals surface area contributed by atoms with Gasteiger partial charge in [0.05, 0.1) is 10.7 Å². The molecule has 0 aliphatic rings. The predicted molar refractivity (Wildman–Crippen MR) is 89.4 cm³/mol. The maximum atomic E-state index is 6.21. The van der Waals surface area contributed by atoms with Crippen molar-refractivity contribution >= 4 is 45.0 Å². The first-order chi connectivity index (χ1) is 9.10. The summed E-state index contributed by atoms with van der Waals surface area (Å²) >= 11 is 11.4. The molecule has 1 atom stereocenters. The van der Waals surface area contributed by atoms with Crippen LogP contribution in [0.25, 0.3) is 0 Å². The first-order valence-corrected chi connectivity index (χ1v) is 8.35. The van der Waals surface area contributed by atoms with Crippen LogP contribution in [0.3, 0.4) is 0 Å². The summed E-state index contributed by atoms with van der Waals surface area (Å²) in [5.74, 6) is 0. The zero-order chi connectivity index (χ0) is 13.8. The zero-order valence-electron chi connectivity index (χ0n) is 10.8. The standard InChI is InChI=1S/C15H15BrClNS/c1-10(11-3-6-13(19-2)7-4-11)18-15-8-5-12(16)9-14(15)17/h3-10,18H,1-2H3. The summed E-state index contributed by atoms with van der Waals surface area (Å²) in [7, 11) is 0. The Morgan fingerprint density at radius 1 is 1.16 bits per heavy atom. The first-order valence-electron chi connectivity index (χ1n) is 5.95. The van der Waals surface area contributed by atoms with Gasteiger partial charge in [-0.3, -0.25) is 0 Å². The van der Waals surface area contributed by atoms with Crippen LogP contribution in [0.1, 0.15) is 18.5 Å². The maximum absolute atomic E-state index is 6.21. The van der Waals surface area contributed by atoms with Gasteiger partial charge in [-0.05, 0) is 49.1 Å². The van der Waals surface area contributed by atoms with Crippen molar-refractivity contribution in [3.63, 3.8) is 0 Å². The monoisotopic (exact) mass is 355 g/mol. The van der Waals surface area contributed by atoms with Gasteiger partial charge in [0, 0.05) is 15.4 Å². The van der Waals surface area contributed by atoms with Crippen LogP contribution in [0.2, 0.25) is 5.02 Å². The molecule has 0 saturated heterocycles. The second-order valence-corrected chi connectivity index (χ2v) is 6.47. The van der Waals surface area contributed by atoms with Crippen LogP contribution in [0.15, 0.2) is 51.8 Å². The van der Waals surface area contributed by atoms with Crippen molar-refractivity contribution in [2.75, 3.05) is 11.6 Å². The molecule has 0 heterocycles. The molecule has 2 aromatic carbocycles. The molecule has 0 aromatic heterocycles. The molecule has 0 amide bonds. The molecule has 1 N–H and O–H groups in total. The number of halogens is 2. The van der Waals surface area contributed by atoms with Gasteiger partial charge in [-0.25, -0.2) is 0 Å². The number of rotatable bonds is 4. The van der Waals surface area contributed by atoms with E-state index in [0.717, 1.165) is 15.2 Å². The van der Waals surface area contributed by atoms with Crippen molar-refractivity contribution in [1.82, 2.24) is 0 Å². The molecular weight excluding hydrogens is 342 g/mol. The fourth-order valence-corrected chi connectivity index (χ4v) is 2.95. The normalized spacial score (nSPS) is 12.2. The number of nitrogens with one attached hydrogen (secondary N) is 1. The lowest BCUT2D eigenvalue weighted by Gasteiger charge is -2.17. The van der Waals surface area contributed by atoms with Crippen molar-refractivity contribution in [2.24, 2.45) is 0 Å². The second-order valence-electron chi connectivity index (χ2n) is 4.26. The maximum Gasteiger partial charge on any atom is 0.0648 e. The molecule has 1 nitrogen and oxygen atoms in total. The summed E-state index contributed by atoms with van der Waals surface area (Å²) in [5, 5.41) is 4.16. The van der Waals surface area contributed by atoms with E-state index >= 15 is 0 Å². The fourth-order valence-electron chi connectivity index (χ4n) is 1.82. The Bertz CT molecular complexity index is 557. The molecule has 0 radical (unpaired) electrons. The molecule has 0 fully saturated rings. The molecule has 0 saturated carbocycles. The van der Waals surface area contributed by atoms with Gasteiger partial charge in [0.1, 0.15) is 0 Å². The minimum atomic E-state index is 0.217. The van der Waals surface area contributed by atoms with Crippen molar-refractivity contribution in [2.45, 2.75) is 17.9 Å². The fraction of sp³-hybridized carbons (Fsp3) is 0.200. The van der Waals surface area contributed by atoms with Gasteiger partial charge in [-0.1, -0.05) is 39.7 Å². The zero-order valence-corrected chi connectivity index (χ0v) is 13.9. The predicted octanol–water partition coefficient (Wildman–Crippen LogP) is 6.00. The van der Waals surface area contributed by atoms with Crippen LogP contribution in [0.4, 0.5) is 5.69 Å². The van der Waals surface area contributed by atoms with E-state index in [-0.39, 0.29) is 6.04 Å². The SMILES string of the molecule is CSc1ccc(C(C)Nc2ccc(Br)cc2Cl)cc1. The number of benzene rings is 2. The summed E-state index contributed by atoms with van der Waals surface area (Å²) in [6.45, 7) is 2.13. The largest absolute Gasteiger partial charge is 0.377 e. The van der Waals surface area contributed by atoms with Crippen LogP contribution in [0, 0.1) is 0 Å². The lowest BCUT2D eigenvalue weighted by atomic mass is 10.1. The van der Waals surface area contributed by atoms with Gasteiger partial charge in [-0.15, -0.1) is 11.8 Å². The minimum Gasteiger partial charge on any atom is -0.377 e. The van der Waals surface area contributed by atoms with E-state index in [4.69, 9.17) is 11.6 Å². The number of anilines is 1. The third-order valence-electron chi connectivity index (χ3n) is 2.92. The van der Waals surface area contributed by atoms with Crippen molar-refractivity contribution in [3.05, 3.63) is 57.5 Å². The van der Waals surface area contributed by atoms with Gasteiger partial charge in [0.2, 0.25) is 0 Å². The molecule has 0 aliphatic carbocycles. The van der Waals surface area contributed by atoms with Crippen LogP contribution < -0.4 is 5.32 Å². The van der Waals surface area contributed by atoms with E-state index in [1.807, 2.05) is 18.2 Å². The number of hydrogen-bond donors (Lipinski definition) is 1. The Labute approximate surface area is 131 Å². The first kappa shape index (κ1) is 14.8. The molecule has 100 valence electrons. The highest BCUT2D eigenvalue weighted by Gasteiger charge is 2.08. The molecule has 0 aliphatic heterocycles. The van der Waals surface area contributed by atoms with Crippen molar-refractivity contribution in [3.8, 4) is 0 Å².